The Bertz CT molecular complexity index is 248. The highest BCUT2D eigenvalue weighted by atomic mass is 32.1. The molecule has 66 valence electrons. The van der Waals surface area contributed by atoms with Gasteiger partial charge in [-0.05, 0) is 38.4 Å². The van der Waals surface area contributed by atoms with Crippen molar-refractivity contribution in [2.45, 2.75) is 32.2 Å². The van der Waals surface area contributed by atoms with E-state index < -0.39 is 0 Å². The highest BCUT2D eigenvalue weighted by molar-refractivity contribution is 7.12. The molecular weight excluding hydrogens is 166 g/mol. The molecule has 1 fully saturated rings. The van der Waals surface area contributed by atoms with Gasteiger partial charge in [0.2, 0.25) is 0 Å². The van der Waals surface area contributed by atoms with Gasteiger partial charge < -0.3 is 5.32 Å². The van der Waals surface area contributed by atoms with Crippen LogP contribution in [-0.2, 0) is 0 Å². The number of rotatable bonds is 1. The van der Waals surface area contributed by atoms with Gasteiger partial charge in [-0.25, -0.2) is 0 Å². The summed E-state index contributed by atoms with van der Waals surface area (Å²) in [6.07, 6.45) is 4.05. The van der Waals surface area contributed by atoms with E-state index in [1.807, 2.05) is 11.3 Å². The predicted octanol–water partition coefficient (Wildman–Crippen LogP) is 2.87. The van der Waals surface area contributed by atoms with Crippen molar-refractivity contribution in [3.05, 3.63) is 21.9 Å². The number of piperidine rings is 1. The first-order chi connectivity index (χ1) is 5.86. The number of aryl methyl sites for hydroxylation is 1. The molecule has 1 aliphatic heterocycles. The van der Waals surface area contributed by atoms with E-state index >= 15 is 0 Å². The van der Waals surface area contributed by atoms with Crippen LogP contribution in [0.5, 0.6) is 0 Å². The molecule has 1 N–H and O–H groups in total. The molecule has 2 heterocycles. The summed E-state index contributed by atoms with van der Waals surface area (Å²) in [6.45, 7) is 3.37. The monoisotopic (exact) mass is 181 g/mol. The lowest BCUT2D eigenvalue weighted by Gasteiger charge is -2.22. The SMILES string of the molecule is Cc1ccc(C2CCCCN2)s1. The fraction of sp³-hybridized carbons (Fsp3) is 0.600. The van der Waals surface area contributed by atoms with Crippen LogP contribution in [0.25, 0.3) is 0 Å². The standard InChI is InChI=1S/C10H15NS/c1-8-5-6-10(12-8)9-4-2-3-7-11-9/h5-6,9,11H,2-4,7H2,1H3. The van der Waals surface area contributed by atoms with Crippen molar-refractivity contribution in [3.63, 3.8) is 0 Å². The summed E-state index contributed by atoms with van der Waals surface area (Å²) in [5.41, 5.74) is 0. The normalized spacial score (nSPS) is 24.2. The maximum Gasteiger partial charge on any atom is 0.0414 e. The third-order valence-corrected chi connectivity index (χ3v) is 3.53. The van der Waals surface area contributed by atoms with Crippen molar-refractivity contribution in [2.75, 3.05) is 6.54 Å². The van der Waals surface area contributed by atoms with Gasteiger partial charge in [-0.15, -0.1) is 11.3 Å². The van der Waals surface area contributed by atoms with Gasteiger partial charge in [-0.1, -0.05) is 6.42 Å². The van der Waals surface area contributed by atoms with Crippen LogP contribution >= 0.6 is 11.3 Å². The van der Waals surface area contributed by atoms with Gasteiger partial charge in [0.1, 0.15) is 0 Å². The van der Waals surface area contributed by atoms with Crippen LogP contribution in [0.15, 0.2) is 12.1 Å². The third kappa shape index (κ3) is 1.70. The van der Waals surface area contributed by atoms with Gasteiger partial charge in [0.05, 0.1) is 0 Å². The Kier molecular flexibility index (Phi) is 2.47. The van der Waals surface area contributed by atoms with Crippen LogP contribution < -0.4 is 5.32 Å². The molecule has 1 unspecified atom stereocenters. The van der Waals surface area contributed by atoms with Gasteiger partial charge in [-0.2, -0.15) is 0 Å². The van der Waals surface area contributed by atoms with Crippen molar-refractivity contribution in [2.24, 2.45) is 0 Å². The van der Waals surface area contributed by atoms with Crippen molar-refractivity contribution in [1.29, 1.82) is 0 Å². The number of thiophene rings is 1. The number of hydrogen-bond acceptors (Lipinski definition) is 2. The zero-order chi connectivity index (χ0) is 8.39. The molecule has 1 atom stereocenters. The largest absolute Gasteiger partial charge is 0.309 e. The van der Waals surface area contributed by atoms with Crippen molar-refractivity contribution < 1.29 is 0 Å². The van der Waals surface area contributed by atoms with Crippen LogP contribution in [0, 0.1) is 6.92 Å². The Morgan fingerprint density at radius 2 is 2.33 bits per heavy atom. The van der Waals surface area contributed by atoms with Crippen LogP contribution in [0.2, 0.25) is 0 Å². The van der Waals surface area contributed by atoms with Crippen LogP contribution in [-0.4, -0.2) is 6.54 Å². The molecule has 1 saturated heterocycles. The molecule has 1 aromatic rings. The molecular formula is C10H15NS. The summed E-state index contributed by atoms with van der Waals surface area (Å²) in [5, 5.41) is 3.56. The fourth-order valence-electron chi connectivity index (χ4n) is 1.74. The summed E-state index contributed by atoms with van der Waals surface area (Å²) in [5.74, 6) is 0. The van der Waals surface area contributed by atoms with Gasteiger partial charge in [0.15, 0.2) is 0 Å². The summed E-state index contributed by atoms with van der Waals surface area (Å²) in [7, 11) is 0. The van der Waals surface area contributed by atoms with Crippen LogP contribution in [0.4, 0.5) is 0 Å². The summed E-state index contributed by atoms with van der Waals surface area (Å²) >= 11 is 1.93. The average molecular weight is 181 g/mol. The molecule has 12 heavy (non-hydrogen) atoms. The van der Waals surface area contributed by atoms with Gasteiger partial charge >= 0.3 is 0 Å². The van der Waals surface area contributed by atoms with Gasteiger partial charge in [0, 0.05) is 15.8 Å². The molecule has 0 aliphatic carbocycles. The van der Waals surface area contributed by atoms with E-state index in [1.54, 1.807) is 0 Å². The van der Waals surface area contributed by atoms with Crippen LogP contribution in [0.1, 0.15) is 35.1 Å². The molecule has 1 aromatic heterocycles. The van der Waals surface area contributed by atoms with E-state index in [0.29, 0.717) is 6.04 Å². The lowest BCUT2D eigenvalue weighted by Crippen LogP contribution is -2.25. The van der Waals surface area contributed by atoms with E-state index in [1.165, 1.54) is 35.6 Å². The third-order valence-electron chi connectivity index (χ3n) is 2.41. The Balaban J connectivity index is 2.08. The Morgan fingerprint density at radius 3 is 2.92 bits per heavy atom. The smallest absolute Gasteiger partial charge is 0.0414 e. The quantitative estimate of drug-likeness (QED) is 0.702. The number of nitrogens with one attached hydrogen (secondary N) is 1. The molecule has 0 bridgehead atoms. The molecule has 0 amide bonds. The minimum absolute atomic E-state index is 0.650. The molecule has 1 aliphatic rings. The summed E-state index contributed by atoms with van der Waals surface area (Å²) < 4.78 is 0. The Hall–Kier alpha value is -0.340. The second-order valence-electron chi connectivity index (χ2n) is 3.45. The zero-order valence-electron chi connectivity index (χ0n) is 7.47. The Labute approximate surface area is 77.8 Å². The van der Waals surface area contributed by atoms with Crippen molar-refractivity contribution in [3.8, 4) is 0 Å². The predicted molar refractivity (Wildman–Crippen MR) is 53.7 cm³/mol. The second kappa shape index (κ2) is 3.58. The van der Waals surface area contributed by atoms with E-state index in [4.69, 9.17) is 0 Å². The van der Waals surface area contributed by atoms with E-state index in [-0.39, 0.29) is 0 Å². The fourth-order valence-corrected chi connectivity index (χ4v) is 2.72. The van der Waals surface area contributed by atoms with Crippen LogP contribution in [0.3, 0.4) is 0 Å². The highest BCUT2D eigenvalue weighted by Gasteiger charge is 2.15. The second-order valence-corrected chi connectivity index (χ2v) is 4.77. The minimum atomic E-state index is 0.650. The average Bonchev–Trinajstić information content (AvgIpc) is 2.54. The lowest BCUT2D eigenvalue weighted by molar-refractivity contribution is 0.417. The molecule has 2 heteroatoms. The van der Waals surface area contributed by atoms with E-state index in [2.05, 4.69) is 24.4 Å². The summed E-state index contributed by atoms with van der Waals surface area (Å²) in [6, 6.07) is 5.14. The van der Waals surface area contributed by atoms with E-state index in [0.717, 1.165) is 0 Å². The first kappa shape index (κ1) is 8.27. The zero-order valence-corrected chi connectivity index (χ0v) is 8.29. The molecule has 0 aromatic carbocycles. The first-order valence-electron chi connectivity index (χ1n) is 4.66. The molecule has 0 radical (unpaired) electrons. The van der Waals surface area contributed by atoms with Crippen molar-refractivity contribution >= 4 is 11.3 Å². The Morgan fingerprint density at radius 1 is 1.42 bits per heavy atom. The maximum atomic E-state index is 3.56. The number of hydrogen-bond donors (Lipinski definition) is 1. The molecule has 0 spiro atoms. The lowest BCUT2D eigenvalue weighted by atomic mass is 10.0. The van der Waals surface area contributed by atoms with Crippen molar-refractivity contribution in [1.82, 2.24) is 5.32 Å². The molecule has 2 rings (SSSR count). The minimum Gasteiger partial charge on any atom is -0.309 e. The van der Waals surface area contributed by atoms with E-state index in [9.17, 15) is 0 Å². The maximum absolute atomic E-state index is 3.56. The summed E-state index contributed by atoms with van der Waals surface area (Å²) in [4.78, 5) is 2.95. The highest BCUT2D eigenvalue weighted by Crippen LogP contribution is 2.28. The topological polar surface area (TPSA) is 12.0 Å². The molecule has 0 saturated carbocycles. The first-order valence-corrected chi connectivity index (χ1v) is 5.47. The van der Waals surface area contributed by atoms with Gasteiger partial charge in [-0.3, -0.25) is 0 Å². The molecule has 1 nitrogen and oxygen atoms in total. The van der Waals surface area contributed by atoms with Gasteiger partial charge in [0.25, 0.3) is 0 Å².